The maximum Gasteiger partial charge on any atom is 0.0595 e. The molecule has 0 spiro atoms. The van der Waals surface area contributed by atoms with Gasteiger partial charge in [0.15, 0.2) is 0 Å². The van der Waals surface area contributed by atoms with Gasteiger partial charge in [0.1, 0.15) is 0 Å². The molecule has 20 heavy (non-hydrogen) atoms. The summed E-state index contributed by atoms with van der Waals surface area (Å²) in [6.45, 7) is 2.26. The Balaban J connectivity index is 2.29. The number of hydrogen-bond acceptors (Lipinski definition) is 1. The van der Waals surface area contributed by atoms with Crippen LogP contribution in [0.25, 0.3) is 0 Å². The summed E-state index contributed by atoms with van der Waals surface area (Å²) < 4.78 is 0. The summed E-state index contributed by atoms with van der Waals surface area (Å²) in [6, 6.07) is 6.46. The van der Waals surface area contributed by atoms with Crippen LogP contribution in [0.15, 0.2) is 18.2 Å². The van der Waals surface area contributed by atoms with Crippen molar-refractivity contribution in [2.24, 2.45) is 0 Å². The first-order valence-electron chi connectivity index (χ1n) is 7.78. The van der Waals surface area contributed by atoms with Crippen LogP contribution in [0.2, 0.25) is 10.0 Å². The van der Waals surface area contributed by atoms with E-state index >= 15 is 0 Å². The van der Waals surface area contributed by atoms with Gasteiger partial charge in [-0.05, 0) is 37.6 Å². The molecule has 0 aliphatic carbocycles. The largest absolute Gasteiger partial charge is 0.317 e. The van der Waals surface area contributed by atoms with Gasteiger partial charge in [0.25, 0.3) is 0 Å². The zero-order valence-electron chi connectivity index (χ0n) is 12.7. The van der Waals surface area contributed by atoms with Gasteiger partial charge in [-0.3, -0.25) is 0 Å². The Hall–Kier alpha value is -0.240. The fourth-order valence-electron chi connectivity index (χ4n) is 2.47. The molecular weight excluding hydrogens is 289 g/mol. The Labute approximate surface area is 134 Å². The summed E-state index contributed by atoms with van der Waals surface area (Å²) in [5.74, 6) is 0. The van der Waals surface area contributed by atoms with Crippen molar-refractivity contribution in [2.75, 3.05) is 7.05 Å². The van der Waals surface area contributed by atoms with Gasteiger partial charge >= 0.3 is 0 Å². The lowest BCUT2D eigenvalue weighted by molar-refractivity contribution is 0.480. The molecular formula is C17H27Cl2N. The summed E-state index contributed by atoms with van der Waals surface area (Å²) >= 11 is 12.0. The maximum atomic E-state index is 6.06. The zero-order chi connectivity index (χ0) is 14.8. The SMILES string of the molecule is CCCCCCCCC(Cc1ccc(Cl)c(Cl)c1)NC. The van der Waals surface area contributed by atoms with Gasteiger partial charge in [-0.15, -0.1) is 0 Å². The third kappa shape index (κ3) is 6.97. The lowest BCUT2D eigenvalue weighted by Gasteiger charge is -2.16. The van der Waals surface area contributed by atoms with Crippen LogP contribution >= 0.6 is 23.2 Å². The molecule has 1 aromatic carbocycles. The summed E-state index contributed by atoms with van der Waals surface area (Å²) in [7, 11) is 2.04. The molecule has 1 unspecified atom stereocenters. The van der Waals surface area contributed by atoms with Crippen molar-refractivity contribution in [1.29, 1.82) is 0 Å². The smallest absolute Gasteiger partial charge is 0.0595 e. The van der Waals surface area contributed by atoms with Crippen molar-refractivity contribution in [1.82, 2.24) is 5.32 Å². The standard InChI is InChI=1S/C17H27Cl2N/c1-3-4-5-6-7-8-9-15(20-2)12-14-10-11-16(18)17(19)13-14/h10-11,13,15,20H,3-9,12H2,1-2H3. The third-order valence-corrected chi connectivity index (χ3v) is 4.52. The minimum Gasteiger partial charge on any atom is -0.317 e. The number of nitrogens with one attached hydrogen (secondary N) is 1. The van der Waals surface area contributed by atoms with Crippen LogP contribution in [0.5, 0.6) is 0 Å². The maximum absolute atomic E-state index is 6.06. The highest BCUT2D eigenvalue weighted by atomic mass is 35.5. The van der Waals surface area contributed by atoms with E-state index in [1.807, 2.05) is 19.2 Å². The van der Waals surface area contributed by atoms with E-state index in [1.165, 1.54) is 50.5 Å². The average Bonchev–Trinajstić information content (AvgIpc) is 2.45. The van der Waals surface area contributed by atoms with Gasteiger partial charge in [0.05, 0.1) is 10.0 Å². The number of halogens is 2. The average molecular weight is 316 g/mol. The Kier molecular flexibility index (Phi) is 9.33. The highest BCUT2D eigenvalue weighted by Gasteiger charge is 2.08. The molecule has 0 saturated heterocycles. The number of likely N-dealkylation sites (N-methyl/N-ethyl adjacent to an activating group) is 1. The molecule has 1 atom stereocenters. The summed E-state index contributed by atoms with van der Waals surface area (Å²) in [6.07, 6.45) is 10.3. The molecule has 1 rings (SSSR count). The second-order valence-corrected chi connectivity index (χ2v) is 6.31. The predicted molar refractivity (Wildman–Crippen MR) is 91.0 cm³/mol. The summed E-state index contributed by atoms with van der Waals surface area (Å²) in [5, 5.41) is 4.69. The van der Waals surface area contributed by atoms with E-state index < -0.39 is 0 Å². The first-order valence-corrected chi connectivity index (χ1v) is 8.54. The van der Waals surface area contributed by atoms with E-state index in [0.717, 1.165) is 6.42 Å². The summed E-state index contributed by atoms with van der Waals surface area (Å²) in [4.78, 5) is 0. The number of rotatable bonds is 10. The Bertz CT molecular complexity index is 379. The molecule has 0 radical (unpaired) electrons. The van der Waals surface area contributed by atoms with Crippen molar-refractivity contribution < 1.29 is 0 Å². The minimum atomic E-state index is 0.526. The normalized spacial score (nSPS) is 12.6. The van der Waals surface area contributed by atoms with Crippen LogP contribution in [-0.2, 0) is 6.42 Å². The van der Waals surface area contributed by atoms with Crippen LogP contribution in [0.3, 0.4) is 0 Å². The lowest BCUT2D eigenvalue weighted by atomic mass is 10.00. The lowest BCUT2D eigenvalue weighted by Crippen LogP contribution is -2.27. The number of benzene rings is 1. The van der Waals surface area contributed by atoms with E-state index in [2.05, 4.69) is 18.3 Å². The second-order valence-electron chi connectivity index (χ2n) is 5.49. The van der Waals surface area contributed by atoms with Crippen molar-refractivity contribution in [3.8, 4) is 0 Å². The van der Waals surface area contributed by atoms with E-state index in [4.69, 9.17) is 23.2 Å². The fourth-order valence-corrected chi connectivity index (χ4v) is 2.79. The van der Waals surface area contributed by atoms with Gasteiger partial charge in [-0.25, -0.2) is 0 Å². The van der Waals surface area contributed by atoms with Crippen molar-refractivity contribution in [3.05, 3.63) is 33.8 Å². The number of hydrogen-bond donors (Lipinski definition) is 1. The van der Waals surface area contributed by atoms with Crippen LogP contribution in [-0.4, -0.2) is 13.1 Å². The van der Waals surface area contributed by atoms with E-state index in [-0.39, 0.29) is 0 Å². The highest BCUT2D eigenvalue weighted by molar-refractivity contribution is 6.42. The molecule has 0 heterocycles. The van der Waals surface area contributed by atoms with E-state index in [0.29, 0.717) is 16.1 Å². The van der Waals surface area contributed by atoms with E-state index in [9.17, 15) is 0 Å². The van der Waals surface area contributed by atoms with Crippen LogP contribution in [0, 0.1) is 0 Å². The van der Waals surface area contributed by atoms with Gasteiger partial charge in [0, 0.05) is 6.04 Å². The first kappa shape index (κ1) is 17.8. The summed E-state index contributed by atoms with van der Waals surface area (Å²) in [5.41, 5.74) is 1.25. The highest BCUT2D eigenvalue weighted by Crippen LogP contribution is 2.23. The molecule has 0 aliphatic heterocycles. The quantitative estimate of drug-likeness (QED) is 0.532. The van der Waals surface area contributed by atoms with Gasteiger partial charge < -0.3 is 5.32 Å². The molecule has 114 valence electrons. The Morgan fingerprint density at radius 2 is 1.70 bits per heavy atom. The molecule has 1 N–H and O–H groups in total. The van der Waals surface area contributed by atoms with Gasteiger partial charge in [0.2, 0.25) is 0 Å². The van der Waals surface area contributed by atoms with Crippen LogP contribution in [0.1, 0.15) is 57.4 Å². The van der Waals surface area contributed by atoms with E-state index in [1.54, 1.807) is 0 Å². The molecule has 0 amide bonds. The number of unbranched alkanes of at least 4 members (excludes halogenated alkanes) is 5. The van der Waals surface area contributed by atoms with Crippen molar-refractivity contribution >= 4 is 23.2 Å². The third-order valence-electron chi connectivity index (χ3n) is 3.78. The molecule has 1 nitrogen and oxygen atoms in total. The second kappa shape index (κ2) is 10.5. The van der Waals surface area contributed by atoms with Crippen molar-refractivity contribution in [3.63, 3.8) is 0 Å². The van der Waals surface area contributed by atoms with Gasteiger partial charge in [-0.1, -0.05) is 74.7 Å². The molecule has 3 heteroatoms. The molecule has 1 aromatic rings. The molecule has 0 aromatic heterocycles. The minimum absolute atomic E-state index is 0.526. The Morgan fingerprint density at radius 3 is 2.35 bits per heavy atom. The predicted octanol–water partition coefficient (Wildman–Crippen LogP) is 5.87. The molecule has 0 saturated carbocycles. The first-order chi connectivity index (χ1) is 9.67. The molecule has 0 fully saturated rings. The zero-order valence-corrected chi connectivity index (χ0v) is 14.2. The van der Waals surface area contributed by atoms with Crippen LogP contribution < -0.4 is 5.32 Å². The monoisotopic (exact) mass is 315 g/mol. The Morgan fingerprint density at radius 1 is 1.00 bits per heavy atom. The fraction of sp³-hybridized carbons (Fsp3) is 0.647. The van der Waals surface area contributed by atoms with Gasteiger partial charge in [-0.2, -0.15) is 0 Å². The van der Waals surface area contributed by atoms with Crippen LogP contribution in [0.4, 0.5) is 0 Å². The van der Waals surface area contributed by atoms with Crippen molar-refractivity contribution in [2.45, 2.75) is 64.3 Å². The topological polar surface area (TPSA) is 12.0 Å². The molecule has 0 bridgehead atoms. The molecule has 0 aliphatic rings.